The van der Waals surface area contributed by atoms with Crippen LogP contribution < -0.4 is 11.2 Å². The summed E-state index contributed by atoms with van der Waals surface area (Å²) in [5.41, 5.74) is 10.9. The fourth-order valence-electron chi connectivity index (χ4n) is 3.30. The zero-order valence-electron chi connectivity index (χ0n) is 20.8. The highest BCUT2D eigenvalue weighted by molar-refractivity contribution is 6.07. The van der Waals surface area contributed by atoms with E-state index in [9.17, 15) is 14.9 Å². The monoisotopic (exact) mass is 531 g/mol. The Balaban J connectivity index is 0.000000649. The van der Waals surface area contributed by atoms with Crippen LogP contribution in [0.1, 0.15) is 42.8 Å². The number of nitrogens with two attached hydrogens (primary N) is 1. The molecule has 0 aliphatic heterocycles. The van der Waals surface area contributed by atoms with Crippen molar-refractivity contribution in [2.24, 2.45) is 0 Å². The second-order valence-electron chi connectivity index (χ2n) is 7.39. The number of ether oxygens (including phenoxy) is 1. The molecular formula is C25H33N5O8. The minimum atomic E-state index is -0.434. The molecule has 0 spiro atoms. The van der Waals surface area contributed by atoms with E-state index in [4.69, 9.17) is 25.3 Å². The van der Waals surface area contributed by atoms with Crippen LogP contribution >= 0.6 is 0 Å². The second-order valence-corrected chi connectivity index (χ2v) is 7.39. The van der Waals surface area contributed by atoms with Gasteiger partial charge in [-0.3, -0.25) is 10.1 Å². The van der Waals surface area contributed by atoms with Crippen molar-refractivity contribution in [3.05, 3.63) is 69.5 Å². The van der Waals surface area contributed by atoms with E-state index in [2.05, 4.69) is 15.5 Å². The van der Waals surface area contributed by atoms with Crippen molar-refractivity contribution in [3.63, 3.8) is 0 Å². The molecule has 0 radical (unpaired) electrons. The maximum atomic E-state index is 11.7. The van der Waals surface area contributed by atoms with Gasteiger partial charge in [0.2, 0.25) is 0 Å². The first-order chi connectivity index (χ1) is 17.7. The topological polar surface area (TPSA) is 190 Å². The predicted octanol–water partition coefficient (Wildman–Crippen LogP) is 4.49. The summed E-state index contributed by atoms with van der Waals surface area (Å²) >= 11 is 0. The summed E-state index contributed by atoms with van der Waals surface area (Å²) in [4.78, 5) is 47.3. The van der Waals surface area contributed by atoms with E-state index in [-0.39, 0.29) is 25.2 Å². The van der Waals surface area contributed by atoms with Crippen molar-refractivity contribution >= 4 is 46.2 Å². The number of nitro benzene ring substituents is 1. The van der Waals surface area contributed by atoms with E-state index in [1.165, 1.54) is 0 Å². The fourth-order valence-corrected chi connectivity index (χ4v) is 3.30. The van der Waals surface area contributed by atoms with E-state index >= 15 is 0 Å². The molecule has 0 atom stereocenters. The van der Waals surface area contributed by atoms with Gasteiger partial charge < -0.3 is 20.4 Å². The van der Waals surface area contributed by atoms with Gasteiger partial charge >= 0.3 is 12.1 Å². The summed E-state index contributed by atoms with van der Waals surface area (Å²) < 4.78 is 4.95. The number of rotatable bonds is 8. The van der Waals surface area contributed by atoms with Crippen LogP contribution in [0.2, 0.25) is 0 Å². The van der Waals surface area contributed by atoms with Crippen LogP contribution in [0.3, 0.4) is 0 Å². The number of esters is 1. The average molecular weight is 532 g/mol. The summed E-state index contributed by atoms with van der Waals surface area (Å²) in [6.45, 7) is 3.91. The lowest BCUT2D eigenvalue weighted by atomic mass is 10.0. The fraction of sp³-hybridized carbons (Fsp3) is 0.280. The lowest BCUT2D eigenvalue weighted by molar-refractivity contribution is -0.385. The summed E-state index contributed by atoms with van der Waals surface area (Å²) in [6.07, 6.45) is 5.86. The molecule has 0 saturated heterocycles. The molecule has 1 aromatic heterocycles. The highest BCUT2D eigenvalue weighted by Gasteiger charge is 2.21. The van der Waals surface area contributed by atoms with Gasteiger partial charge in [-0.2, -0.15) is 9.59 Å². The Labute approximate surface area is 219 Å². The number of nitrogen functional groups attached to an aromatic ring is 1. The Bertz CT molecular complexity index is 1260. The molecule has 0 fully saturated rings. The summed E-state index contributed by atoms with van der Waals surface area (Å²) in [5.74, 6) is -0.386. The normalized spacial score (nSPS) is 9.71. The van der Waals surface area contributed by atoms with E-state index in [0.717, 1.165) is 10.9 Å². The zero-order valence-corrected chi connectivity index (χ0v) is 20.8. The number of carbonyl (C=O) groups excluding carboxylic acids is 3. The number of nitrogens with one attached hydrogen (secondary N) is 2. The van der Waals surface area contributed by atoms with Crippen molar-refractivity contribution in [1.82, 2.24) is 9.88 Å². The first kappa shape index (κ1) is 33.3. The van der Waals surface area contributed by atoms with Gasteiger partial charge in [0.1, 0.15) is 5.56 Å². The Morgan fingerprint density at radius 2 is 1.89 bits per heavy atom. The third-order valence-electron chi connectivity index (χ3n) is 4.80. The number of H-pyrrole nitrogens is 1. The summed E-state index contributed by atoms with van der Waals surface area (Å²) in [7, 11) is 3.66. The largest absolute Gasteiger partial charge is 0.462 e. The molecule has 0 saturated carbocycles. The second kappa shape index (κ2) is 16.9. The van der Waals surface area contributed by atoms with Gasteiger partial charge in [-0.25, -0.2) is 15.5 Å². The molecule has 0 unspecified atom stereocenters. The van der Waals surface area contributed by atoms with Gasteiger partial charge in [-0.15, -0.1) is 4.99 Å². The minimum absolute atomic E-state index is 0. The van der Waals surface area contributed by atoms with E-state index < -0.39 is 4.92 Å². The summed E-state index contributed by atoms with van der Waals surface area (Å²) in [6, 6.07) is 8.68. The Hall–Kier alpha value is -4.71. The van der Waals surface area contributed by atoms with Crippen molar-refractivity contribution in [2.75, 3.05) is 31.9 Å². The molecule has 5 N–H and O–H groups in total. The number of fused-ring (bicyclic) bond motifs is 1. The number of aromatic nitrogens is 1. The standard InChI is InChI=1S/C12H17N3O4.C11H12N2O2.CO2.CH4/c1-4-10-11(13-19-18)6-5-9(7-8-14(2)3)12(10)15(16)17;1-2-15-11(14)9-8(12)4-3-7-5-6-13-10(7)9;2-1-3;/h5-8,13,18H,4H2,1-3H3;3-6,13H,2,12H2,1H3;;1H4/b8-7+;;;. The molecule has 13 heteroatoms. The van der Waals surface area contributed by atoms with Gasteiger partial charge in [-0.1, -0.05) is 20.4 Å². The molecule has 0 aliphatic carbocycles. The van der Waals surface area contributed by atoms with E-state index in [1.54, 1.807) is 55.4 Å². The third-order valence-corrected chi connectivity index (χ3v) is 4.80. The molecule has 38 heavy (non-hydrogen) atoms. The van der Waals surface area contributed by atoms with Crippen LogP contribution in [0.15, 0.2) is 42.7 Å². The molecule has 1 heterocycles. The first-order valence-corrected chi connectivity index (χ1v) is 10.9. The number of anilines is 2. The highest BCUT2D eigenvalue weighted by atomic mass is 17.2. The van der Waals surface area contributed by atoms with Crippen LogP contribution in [-0.4, -0.2) is 52.9 Å². The van der Waals surface area contributed by atoms with Gasteiger partial charge in [0.25, 0.3) is 5.69 Å². The van der Waals surface area contributed by atoms with Crippen molar-refractivity contribution in [3.8, 4) is 0 Å². The molecule has 3 rings (SSSR count). The Kier molecular flexibility index (Phi) is 14.8. The number of benzene rings is 2. The van der Waals surface area contributed by atoms with E-state index in [0.29, 0.717) is 41.1 Å². The number of aromatic amines is 1. The lowest BCUT2D eigenvalue weighted by Crippen LogP contribution is -2.08. The average Bonchev–Trinajstić information content (AvgIpc) is 3.32. The van der Waals surface area contributed by atoms with Crippen LogP contribution in [0.5, 0.6) is 0 Å². The quantitative estimate of drug-likeness (QED) is 0.105. The highest BCUT2D eigenvalue weighted by Crippen LogP contribution is 2.32. The van der Waals surface area contributed by atoms with Crippen molar-refractivity contribution in [1.29, 1.82) is 0 Å². The SMILES string of the molecule is C.CCOC(=O)c1c(N)ccc2cc[nH]c12.CCc1c(NOO)ccc(/C=C/N(C)C)c1[N+](=O)[O-].O=C=O. The molecular weight excluding hydrogens is 498 g/mol. The number of hydrogen-bond donors (Lipinski definition) is 4. The molecule has 0 aliphatic rings. The summed E-state index contributed by atoms with van der Waals surface area (Å²) in [5, 5.41) is 20.6. The molecule has 206 valence electrons. The van der Waals surface area contributed by atoms with Crippen LogP contribution in [0.4, 0.5) is 17.1 Å². The molecule has 0 bridgehead atoms. The maximum absolute atomic E-state index is 11.7. The van der Waals surface area contributed by atoms with Crippen LogP contribution in [-0.2, 0) is 25.7 Å². The maximum Gasteiger partial charge on any atom is 0.373 e. The zero-order chi connectivity index (χ0) is 28.0. The number of hydrogen-bond acceptors (Lipinski definition) is 11. The third kappa shape index (κ3) is 9.06. The Morgan fingerprint density at radius 1 is 1.24 bits per heavy atom. The lowest BCUT2D eigenvalue weighted by Gasteiger charge is -2.10. The van der Waals surface area contributed by atoms with Gasteiger partial charge in [0.05, 0.1) is 33.9 Å². The molecule has 0 amide bonds. The van der Waals surface area contributed by atoms with Gasteiger partial charge in [0, 0.05) is 31.4 Å². The van der Waals surface area contributed by atoms with Crippen LogP contribution in [0, 0.1) is 10.1 Å². The molecule has 2 aromatic carbocycles. The number of nitrogens with zero attached hydrogens (tertiary/aromatic N) is 2. The number of carbonyl (C=O) groups is 1. The van der Waals surface area contributed by atoms with Crippen molar-refractivity contribution in [2.45, 2.75) is 27.7 Å². The molecule has 3 aromatic rings. The van der Waals surface area contributed by atoms with E-state index in [1.807, 2.05) is 26.2 Å². The smallest absolute Gasteiger partial charge is 0.373 e. The first-order valence-electron chi connectivity index (χ1n) is 10.9. The van der Waals surface area contributed by atoms with Gasteiger partial charge in [-0.05, 0) is 49.9 Å². The number of nitro groups is 1. The Morgan fingerprint density at radius 3 is 2.42 bits per heavy atom. The van der Waals surface area contributed by atoms with Gasteiger partial charge in [0.15, 0.2) is 0 Å². The predicted molar refractivity (Wildman–Crippen MR) is 143 cm³/mol. The van der Waals surface area contributed by atoms with Crippen LogP contribution in [0.25, 0.3) is 17.0 Å². The minimum Gasteiger partial charge on any atom is -0.462 e. The molecule has 13 nitrogen and oxygen atoms in total. The van der Waals surface area contributed by atoms with Crippen molar-refractivity contribution < 1.29 is 34.3 Å².